The molecular formula is C24H27NO5. The van der Waals surface area contributed by atoms with E-state index in [-0.39, 0.29) is 11.3 Å². The first-order valence-electron chi connectivity index (χ1n) is 9.88. The highest BCUT2D eigenvalue weighted by atomic mass is 16.5. The number of aryl methyl sites for hydroxylation is 2. The number of likely N-dealkylation sites (tertiary alicyclic amines) is 1. The van der Waals surface area contributed by atoms with Gasteiger partial charge in [-0.1, -0.05) is 29.8 Å². The quantitative estimate of drug-likeness (QED) is 0.326. The van der Waals surface area contributed by atoms with Gasteiger partial charge in [0.25, 0.3) is 11.7 Å². The summed E-state index contributed by atoms with van der Waals surface area (Å²) in [5.74, 6) is -0.784. The van der Waals surface area contributed by atoms with Crippen LogP contribution in [0.1, 0.15) is 34.7 Å². The summed E-state index contributed by atoms with van der Waals surface area (Å²) >= 11 is 0. The Morgan fingerprint density at radius 1 is 1.07 bits per heavy atom. The maximum absolute atomic E-state index is 13.0. The number of benzene rings is 2. The predicted octanol–water partition coefficient (Wildman–Crippen LogP) is 3.77. The van der Waals surface area contributed by atoms with E-state index >= 15 is 0 Å². The molecule has 1 N–H and O–H groups in total. The van der Waals surface area contributed by atoms with Gasteiger partial charge in [-0.3, -0.25) is 9.59 Å². The fraction of sp³-hybridized carbons (Fsp3) is 0.333. The minimum Gasteiger partial charge on any atom is -0.507 e. The van der Waals surface area contributed by atoms with E-state index in [2.05, 4.69) is 0 Å². The molecule has 1 atom stereocenters. The monoisotopic (exact) mass is 409 g/mol. The molecule has 0 spiro atoms. The summed E-state index contributed by atoms with van der Waals surface area (Å²) in [6, 6.07) is 12.2. The largest absolute Gasteiger partial charge is 0.507 e. The van der Waals surface area contributed by atoms with E-state index in [1.165, 1.54) is 4.90 Å². The van der Waals surface area contributed by atoms with Gasteiger partial charge in [0.1, 0.15) is 11.5 Å². The Balaban J connectivity index is 2.12. The van der Waals surface area contributed by atoms with Crippen molar-refractivity contribution in [3.8, 4) is 5.75 Å². The smallest absolute Gasteiger partial charge is 0.295 e. The van der Waals surface area contributed by atoms with Crippen molar-refractivity contribution in [1.82, 2.24) is 4.90 Å². The van der Waals surface area contributed by atoms with Crippen molar-refractivity contribution in [2.45, 2.75) is 26.3 Å². The lowest BCUT2D eigenvalue weighted by Gasteiger charge is -2.25. The Morgan fingerprint density at radius 2 is 1.77 bits per heavy atom. The summed E-state index contributed by atoms with van der Waals surface area (Å²) in [4.78, 5) is 27.3. The molecule has 1 amide bonds. The van der Waals surface area contributed by atoms with E-state index in [1.807, 2.05) is 38.1 Å². The molecule has 1 unspecified atom stereocenters. The highest BCUT2D eigenvalue weighted by Crippen LogP contribution is 2.40. The van der Waals surface area contributed by atoms with Gasteiger partial charge in [0.05, 0.1) is 18.7 Å². The fourth-order valence-corrected chi connectivity index (χ4v) is 3.77. The molecule has 1 heterocycles. The average molecular weight is 409 g/mol. The van der Waals surface area contributed by atoms with Crippen LogP contribution in [0.15, 0.2) is 48.0 Å². The number of hydrogen-bond donors (Lipinski definition) is 1. The van der Waals surface area contributed by atoms with Crippen LogP contribution < -0.4 is 4.74 Å². The van der Waals surface area contributed by atoms with E-state index < -0.39 is 17.7 Å². The zero-order chi connectivity index (χ0) is 21.8. The van der Waals surface area contributed by atoms with Crippen LogP contribution in [0.4, 0.5) is 0 Å². The van der Waals surface area contributed by atoms with Gasteiger partial charge < -0.3 is 19.5 Å². The number of nitrogens with zero attached hydrogens (tertiary/aromatic N) is 1. The molecule has 0 aliphatic carbocycles. The van der Waals surface area contributed by atoms with Crippen molar-refractivity contribution in [2.75, 3.05) is 27.4 Å². The van der Waals surface area contributed by atoms with Gasteiger partial charge in [-0.2, -0.15) is 0 Å². The number of aliphatic hydroxyl groups is 1. The average Bonchev–Trinajstić information content (AvgIpc) is 2.99. The molecule has 6 nitrogen and oxygen atoms in total. The second kappa shape index (κ2) is 9.13. The van der Waals surface area contributed by atoms with Gasteiger partial charge in [-0.05, 0) is 49.6 Å². The summed E-state index contributed by atoms with van der Waals surface area (Å²) in [6.07, 6.45) is 0.591. The number of carbonyl (C=O) groups is 2. The van der Waals surface area contributed by atoms with Crippen LogP contribution in [0.2, 0.25) is 0 Å². The molecule has 0 bridgehead atoms. The molecule has 0 saturated carbocycles. The number of ketones is 1. The predicted molar refractivity (Wildman–Crippen MR) is 114 cm³/mol. The van der Waals surface area contributed by atoms with Crippen molar-refractivity contribution in [1.29, 1.82) is 0 Å². The number of amides is 1. The van der Waals surface area contributed by atoms with E-state index in [0.29, 0.717) is 30.9 Å². The van der Waals surface area contributed by atoms with E-state index in [1.54, 1.807) is 32.4 Å². The van der Waals surface area contributed by atoms with Gasteiger partial charge in [-0.15, -0.1) is 0 Å². The highest BCUT2D eigenvalue weighted by molar-refractivity contribution is 6.46. The lowest BCUT2D eigenvalue weighted by molar-refractivity contribution is -0.140. The Hall–Kier alpha value is -3.12. The van der Waals surface area contributed by atoms with E-state index in [0.717, 1.165) is 16.7 Å². The first-order chi connectivity index (χ1) is 14.4. The fourth-order valence-electron chi connectivity index (χ4n) is 3.77. The Kier molecular flexibility index (Phi) is 6.57. The number of carbonyl (C=O) groups excluding carboxylic acids is 2. The van der Waals surface area contributed by atoms with Crippen LogP contribution in [0.3, 0.4) is 0 Å². The van der Waals surface area contributed by atoms with Gasteiger partial charge in [0, 0.05) is 25.8 Å². The Morgan fingerprint density at radius 3 is 2.37 bits per heavy atom. The number of Topliss-reactive ketones (excluding diaryl/α,β-unsaturated/α-hetero) is 1. The third kappa shape index (κ3) is 4.09. The van der Waals surface area contributed by atoms with Crippen LogP contribution in [0.25, 0.3) is 5.76 Å². The number of hydrogen-bond acceptors (Lipinski definition) is 5. The molecule has 2 aromatic carbocycles. The number of methoxy groups -OCH3 is 2. The molecule has 0 aromatic heterocycles. The van der Waals surface area contributed by atoms with Crippen molar-refractivity contribution in [3.05, 3.63) is 70.3 Å². The number of ether oxygens (including phenoxy) is 2. The van der Waals surface area contributed by atoms with Gasteiger partial charge in [0.2, 0.25) is 0 Å². The first-order valence-corrected chi connectivity index (χ1v) is 9.88. The van der Waals surface area contributed by atoms with Gasteiger partial charge in [0.15, 0.2) is 0 Å². The molecule has 1 fully saturated rings. The zero-order valence-electron chi connectivity index (χ0n) is 17.8. The summed E-state index contributed by atoms with van der Waals surface area (Å²) < 4.78 is 10.4. The molecule has 2 aromatic rings. The molecule has 0 radical (unpaired) electrons. The SMILES string of the molecule is COCCCN1C(=O)C(=O)C(=C(O)c2ccc(OC)c(C)c2)C1c1ccc(C)cc1. The van der Waals surface area contributed by atoms with Crippen molar-refractivity contribution < 1.29 is 24.2 Å². The minimum atomic E-state index is -0.677. The summed E-state index contributed by atoms with van der Waals surface area (Å²) in [7, 11) is 3.17. The van der Waals surface area contributed by atoms with Crippen LogP contribution in [0.5, 0.6) is 5.75 Å². The van der Waals surface area contributed by atoms with Crippen molar-refractivity contribution in [3.63, 3.8) is 0 Å². The molecule has 1 aliphatic heterocycles. The topological polar surface area (TPSA) is 76.1 Å². The molecule has 3 rings (SSSR count). The standard InChI is InChI=1S/C24H27NO5/c1-15-6-8-17(9-7-15)21-20(23(27)24(28)25(21)12-5-13-29-3)22(26)18-10-11-19(30-4)16(2)14-18/h6-11,14,21,26H,5,12-13H2,1-4H3. The minimum absolute atomic E-state index is 0.103. The Labute approximate surface area is 176 Å². The third-order valence-electron chi connectivity index (χ3n) is 5.35. The number of rotatable bonds is 7. The van der Waals surface area contributed by atoms with E-state index in [9.17, 15) is 14.7 Å². The maximum Gasteiger partial charge on any atom is 0.295 e. The molecular weight excluding hydrogens is 382 g/mol. The molecule has 6 heteroatoms. The highest BCUT2D eigenvalue weighted by Gasteiger charge is 2.45. The van der Waals surface area contributed by atoms with Crippen LogP contribution >= 0.6 is 0 Å². The van der Waals surface area contributed by atoms with Crippen LogP contribution in [-0.4, -0.2) is 49.1 Å². The maximum atomic E-state index is 13.0. The molecule has 1 saturated heterocycles. The summed E-state index contributed by atoms with van der Waals surface area (Å²) in [5.41, 5.74) is 3.25. The zero-order valence-corrected chi connectivity index (χ0v) is 17.8. The first kappa shape index (κ1) is 21.6. The van der Waals surface area contributed by atoms with Gasteiger partial charge in [-0.25, -0.2) is 0 Å². The molecule has 1 aliphatic rings. The third-order valence-corrected chi connectivity index (χ3v) is 5.35. The van der Waals surface area contributed by atoms with Crippen LogP contribution in [0, 0.1) is 13.8 Å². The van der Waals surface area contributed by atoms with Crippen LogP contribution in [-0.2, 0) is 14.3 Å². The summed E-state index contributed by atoms with van der Waals surface area (Å²) in [5, 5.41) is 11.1. The van der Waals surface area contributed by atoms with Crippen molar-refractivity contribution >= 4 is 17.4 Å². The second-order valence-electron chi connectivity index (χ2n) is 7.43. The second-order valence-corrected chi connectivity index (χ2v) is 7.43. The van der Waals surface area contributed by atoms with Gasteiger partial charge >= 0.3 is 0 Å². The number of aliphatic hydroxyl groups excluding tert-OH is 1. The van der Waals surface area contributed by atoms with Crippen molar-refractivity contribution in [2.24, 2.45) is 0 Å². The lowest BCUT2D eigenvalue weighted by atomic mass is 9.94. The molecule has 30 heavy (non-hydrogen) atoms. The summed E-state index contributed by atoms with van der Waals surface area (Å²) in [6.45, 7) is 4.66. The normalized spacial score (nSPS) is 18.1. The lowest BCUT2D eigenvalue weighted by Crippen LogP contribution is -2.31. The Bertz CT molecular complexity index is 978. The molecule has 158 valence electrons. The van der Waals surface area contributed by atoms with E-state index in [4.69, 9.17) is 9.47 Å².